The number of ether oxygens (including phenoxy) is 1. The Kier molecular flexibility index (Phi) is 6.77. The first-order valence-electron chi connectivity index (χ1n) is 10.5. The van der Waals surface area contributed by atoms with Crippen molar-refractivity contribution in [2.45, 2.75) is 63.5 Å². The number of unbranched alkanes of at least 4 members (excludes halogenated alkanes) is 1. The number of nitrogens with one attached hydrogen (secondary N) is 2. The van der Waals surface area contributed by atoms with Crippen molar-refractivity contribution < 1.29 is 19.5 Å². The Morgan fingerprint density at radius 3 is 2.78 bits per heavy atom. The van der Waals surface area contributed by atoms with E-state index in [1.807, 2.05) is 12.1 Å². The number of amides is 1. The van der Waals surface area contributed by atoms with Gasteiger partial charge in [-0.3, -0.25) is 4.79 Å². The van der Waals surface area contributed by atoms with Crippen LogP contribution in [-0.2, 0) is 4.79 Å². The van der Waals surface area contributed by atoms with Crippen LogP contribution in [-0.4, -0.2) is 43.4 Å². The normalized spacial score (nSPS) is 30.4. The van der Waals surface area contributed by atoms with Crippen LogP contribution in [0.25, 0.3) is 0 Å². The van der Waals surface area contributed by atoms with E-state index in [1.165, 1.54) is 10.5 Å². The van der Waals surface area contributed by atoms with Crippen molar-refractivity contribution in [1.29, 1.82) is 0 Å². The Hall–Kier alpha value is -1.59. The molecule has 5 nitrogen and oxygen atoms in total. The Labute approximate surface area is 163 Å². The summed E-state index contributed by atoms with van der Waals surface area (Å²) in [5.41, 5.74) is 0.627. The zero-order valence-electron chi connectivity index (χ0n) is 16.8. The molecule has 1 aromatic carbocycles. The molecule has 1 saturated carbocycles. The number of benzene rings is 1. The Morgan fingerprint density at radius 1 is 1.30 bits per heavy atom. The summed E-state index contributed by atoms with van der Waals surface area (Å²) >= 11 is 0. The molecule has 3 N–H and O–H groups in total. The molecule has 1 saturated heterocycles. The van der Waals surface area contributed by atoms with Gasteiger partial charge < -0.3 is 20.1 Å². The highest BCUT2D eigenvalue weighted by Gasteiger charge is 2.51. The monoisotopic (exact) mass is 375 g/mol. The van der Waals surface area contributed by atoms with Gasteiger partial charge in [-0.25, -0.2) is 0 Å². The number of quaternary nitrogens is 1. The zero-order chi connectivity index (χ0) is 19.3. The zero-order valence-corrected chi connectivity index (χ0v) is 16.8. The van der Waals surface area contributed by atoms with Crippen molar-refractivity contribution in [3.63, 3.8) is 0 Å². The molecule has 4 atom stereocenters. The molecule has 150 valence electrons. The van der Waals surface area contributed by atoms with E-state index >= 15 is 0 Å². The van der Waals surface area contributed by atoms with E-state index in [-0.39, 0.29) is 17.9 Å². The molecular weight excluding hydrogens is 340 g/mol. The van der Waals surface area contributed by atoms with Crippen LogP contribution in [0.3, 0.4) is 0 Å². The molecule has 1 unspecified atom stereocenters. The summed E-state index contributed by atoms with van der Waals surface area (Å²) in [4.78, 5) is 13.8. The lowest BCUT2D eigenvalue weighted by atomic mass is 9.66. The Balaban J connectivity index is 1.81. The molecule has 1 amide bonds. The van der Waals surface area contributed by atoms with E-state index in [0.29, 0.717) is 6.54 Å². The van der Waals surface area contributed by atoms with Crippen molar-refractivity contribution in [3.05, 3.63) is 29.8 Å². The number of methoxy groups -OCH3 is 1. The third-order valence-electron chi connectivity index (χ3n) is 6.50. The lowest BCUT2D eigenvalue weighted by molar-refractivity contribution is -0.937. The second-order valence-corrected chi connectivity index (χ2v) is 8.25. The quantitative estimate of drug-likeness (QED) is 0.638. The molecule has 3 rings (SSSR count). The Bertz CT molecular complexity index is 618. The number of hydrogen-bond donors (Lipinski definition) is 3. The highest BCUT2D eigenvalue weighted by atomic mass is 16.5. The maximum atomic E-state index is 12.5. The predicted octanol–water partition coefficient (Wildman–Crippen LogP) is 1.86. The van der Waals surface area contributed by atoms with Gasteiger partial charge in [-0.1, -0.05) is 26.2 Å². The molecule has 0 radical (unpaired) electrons. The average Bonchev–Trinajstić information content (AvgIpc) is 2.68. The molecule has 0 aromatic heterocycles. The van der Waals surface area contributed by atoms with Gasteiger partial charge in [0.2, 0.25) is 0 Å². The maximum absolute atomic E-state index is 12.5. The topological polar surface area (TPSA) is 63.0 Å². The summed E-state index contributed by atoms with van der Waals surface area (Å²) < 4.78 is 5.31. The molecule has 27 heavy (non-hydrogen) atoms. The Morgan fingerprint density at radius 2 is 2.07 bits per heavy atom. The molecule has 5 heteroatoms. The molecule has 1 heterocycles. The van der Waals surface area contributed by atoms with Gasteiger partial charge >= 0.3 is 0 Å². The third kappa shape index (κ3) is 4.64. The number of carbonyl (C=O) groups is 1. The van der Waals surface area contributed by atoms with E-state index < -0.39 is 5.60 Å². The second-order valence-electron chi connectivity index (χ2n) is 8.25. The second kappa shape index (κ2) is 9.07. The summed E-state index contributed by atoms with van der Waals surface area (Å²) in [6.07, 6.45) is 7.09. The third-order valence-corrected chi connectivity index (χ3v) is 6.50. The predicted molar refractivity (Wildman–Crippen MR) is 106 cm³/mol. The standard InChI is InChI=1S/C22H34N2O3/c1-3-4-14-23-20(25)16-24-15-13-22(26)12-6-5-7-19(22)21(24)17-8-10-18(27-2)11-9-17/h8-11,19,21,26H,3-7,12-16H2,1-2H3,(H,23,25)/p+1/t19-,21-,22-/m0/s1. The van der Waals surface area contributed by atoms with Crippen LogP contribution in [0.2, 0.25) is 0 Å². The van der Waals surface area contributed by atoms with Crippen LogP contribution in [0.5, 0.6) is 5.75 Å². The molecule has 1 aliphatic carbocycles. The van der Waals surface area contributed by atoms with Gasteiger partial charge in [0, 0.05) is 24.4 Å². The van der Waals surface area contributed by atoms with Gasteiger partial charge in [-0.05, 0) is 43.5 Å². The van der Waals surface area contributed by atoms with Crippen LogP contribution in [0.4, 0.5) is 0 Å². The smallest absolute Gasteiger partial charge is 0.275 e. The van der Waals surface area contributed by atoms with Gasteiger partial charge in [0.05, 0.1) is 19.3 Å². The van der Waals surface area contributed by atoms with E-state index in [9.17, 15) is 9.90 Å². The first kappa shape index (κ1) is 20.2. The fourth-order valence-corrected chi connectivity index (χ4v) is 5.00. The van der Waals surface area contributed by atoms with Crippen molar-refractivity contribution in [2.75, 3.05) is 26.7 Å². The van der Waals surface area contributed by atoms with Crippen molar-refractivity contribution >= 4 is 5.91 Å². The van der Waals surface area contributed by atoms with Gasteiger partial charge in [-0.15, -0.1) is 0 Å². The van der Waals surface area contributed by atoms with Gasteiger partial charge in [0.25, 0.3) is 5.91 Å². The molecule has 1 aromatic rings. The maximum Gasteiger partial charge on any atom is 0.275 e. The molecular formula is C22H35N2O3+. The lowest BCUT2D eigenvalue weighted by Gasteiger charge is -2.50. The number of hydrogen-bond acceptors (Lipinski definition) is 3. The van der Waals surface area contributed by atoms with Gasteiger partial charge in [-0.2, -0.15) is 0 Å². The highest BCUT2D eigenvalue weighted by molar-refractivity contribution is 5.76. The molecule has 2 fully saturated rings. The fraction of sp³-hybridized carbons (Fsp3) is 0.682. The largest absolute Gasteiger partial charge is 0.497 e. The number of fused-ring (bicyclic) bond motifs is 1. The molecule has 1 aliphatic heterocycles. The fourth-order valence-electron chi connectivity index (χ4n) is 5.00. The van der Waals surface area contributed by atoms with Crippen molar-refractivity contribution in [3.8, 4) is 5.75 Å². The molecule has 2 aliphatic rings. The average molecular weight is 376 g/mol. The van der Waals surface area contributed by atoms with Crippen LogP contribution in [0, 0.1) is 5.92 Å². The molecule has 0 spiro atoms. The summed E-state index contributed by atoms with van der Waals surface area (Å²) in [7, 11) is 1.67. The first-order valence-corrected chi connectivity index (χ1v) is 10.5. The van der Waals surface area contributed by atoms with Crippen LogP contribution >= 0.6 is 0 Å². The first-order chi connectivity index (χ1) is 13.1. The summed E-state index contributed by atoms with van der Waals surface area (Å²) in [5, 5.41) is 14.4. The molecule has 0 bridgehead atoms. The minimum absolute atomic E-state index is 0.123. The minimum Gasteiger partial charge on any atom is -0.497 e. The van der Waals surface area contributed by atoms with Crippen LogP contribution in [0.1, 0.15) is 63.5 Å². The number of piperidine rings is 1. The van der Waals surface area contributed by atoms with Crippen molar-refractivity contribution in [2.24, 2.45) is 5.92 Å². The number of carbonyl (C=O) groups excluding carboxylic acids is 1. The van der Waals surface area contributed by atoms with E-state index in [2.05, 4.69) is 24.4 Å². The number of rotatable bonds is 7. The minimum atomic E-state index is -0.578. The van der Waals surface area contributed by atoms with Crippen LogP contribution < -0.4 is 15.0 Å². The van der Waals surface area contributed by atoms with E-state index in [0.717, 1.165) is 63.8 Å². The van der Waals surface area contributed by atoms with Gasteiger partial charge in [0.15, 0.2) is 6.54 Å². The summed E-state index contributed by atoms with van der Waals surface area (Å²) in [5.74, 6) is 1.18. The van der Waals surface area contributed by atoms with Gasteiger partial charge in [0.1, 0.15) is 11.8 Å². The number of aliphatic hydroxyl groups is 1. The summed E-state index contributed by atoms with van der Waals surface area (Å²) in [6.45, 7) is 4.20. The lowest BCUT2D eigenvalue weighted by Crippen LogP contribution is -3.16. The van der Waals surface area contributed by atoms with E-state index in [1.54, 1.807) is 7.11 Å². The van der Waals surface area contributed by atoms with E-state index in [4.69, 9.17) is 4.74 Å². The highest BCUT2D eigenvalue weighted by Crippen LogP contribution is 2.44. The number of likely N-dealkylation sites (tertiary alicyclic amines) is 1. The summed E-state index contributed by atoms with van der Waals surface area (Å²) in [6, 6.07) is 8.36. The SMILES string of the molecule is CCCCNC(=O)C[NH+]1CC[C@@]2(O)CCCC[C@H]2[C@@H]1c1ccc(OC)cc1. The van der Waals surface area contributed by atoms with Crippen molar-refractivity contribution in [1.82, 2.24) is 5.32 Å². The van der Waals surface area contributed by atoms with Crippen LogP contribution in [0.15, 0.2) is 24.3 Å².